The lowest BCUT2D eigenvalue weighted by Crippen LogP contribution is -1.81. The van der Waals surface area contributed by atoms with Gasteiger partial charge in [0, 0.05) is 4.47 Å². The molecule has 1 aromatic carbocycles. The summed E-state index contributed by atoms with van der Waals surface area (Å²) in [4.78, 5) is 0. The van der Waals surface area contributed by atoms with Crippen LogP contribution in [-0.2, 0) is 12.8 Å². The molecule has 1 aromatic rings. The average Bonchev–Trinajstić information content (AvgIpc) is 2.36. The van der Waals surface area contributed by atoms with Gasteiger partial charge in [-0.1, -0.05) is 28.1 Å². The maximum Gasteiger partial charge on any atom is 0.0210 e. The summed E-state index contributed by atoms with van der Waals surface area (Å²) >= 11 is 3.55. The number of rotatable bonds is 0. The van der Waals surface area contributed by atoms with E-state index >= 15 is 0 Å². The SMILES string of the molecule is Brc1cccc2c1CCC2. The van der Waals surface area contributed by atoms with Gasteiger partial charge in [-0.3, -0.25) is 0 Å². The van der Waals surface area contributed by atoms with Gasteiger partial charge in [-0.15, -0.1) is 0 Å². The van der Waals surface area contributed by atoms with Crippen LogP contribution in [0.1, 0.15) is 17.5 Å². The number of halogens is 1. The Morgan fingerprint density at radius 2 is 2.10 bits per heavy atom. The van der Waals surface area contributed by atoms with Gasteiger partial charge >= 0.3 is 0 Å². The van der Waals surface area contributed by atoms with E-state index in [0.29, 0.717) is 0 Å². The van der Waals surface area contributed by atoms with E-state index in [1.165, 1.54) is 34.9 Å². The average molecular weight is 197 g/mol. The van der Waals surface area contributed by atoms with Gasteiger partial charge in [0.05, 0.1) is 0 Å². The van der Waals surface area contributed by atoms with Crippen molar-refractivity contribution in [2.75, 3.05) is 0 Å². The number of hydrogen-bond acceptors (Lipinski definition) is 0. The number of hydrogen-bond donors (Lipinski definition) is 0. The first-order chi connectivity index (χ1) is 4.88. The zero-order valence-electron chi connectivity index (χ0n) is 5.73. The molecule has 0 heterocycles. The molecule has 0 N–H and O–H groups in total. The molecular weight excluding hydrogens is 188 g/mol. The molecule has 1 aliphatic carbocycles. The Hall–Kier alpha value is -0.300. The third-order valence-electron chi connectivity index (χ3n) is 2.09. The Morgan fingerprint density at radius 1 is 1.20 bits per heavy atom. The summed E-state index contributed by atoms with van der Waals surface area (Å²) in [6, 6.07) is 6.48. The molecule has 1 heteroatoms. The van der Waals surface area contributed by atoms with Crippen LogP contribution in [-0.4, -0.2) is 0 Å². The van der Waals surface area contributed by atoms with Crippen LogP contribution >= 0.6 is 15.9 Å². The maximum absolute atomic E-state index is 3.55. The zero-order valence-corrected chi connectivity index (χ0v) is 7.32. The molecule has 0 aliphatic heterocycles. The highest BCUT2D eigenvalue weighted by atomic mass is 79.9. The molecule has 0 fully saturated rings. The van der Waals surface area contributed by atoms with Crippen molar-refractivity contribution in [1.82, 2.24) is 0 Å². The highest BCUT2D eigenvalue weighted by Gasteiger charge is 2.11. The molecule has 0 saturated heterocycles. The Bertz CT molecular complexity index is 253. The fourth-order valence-electron chi connectivity index (χ4n) is 1.57. The molecular formula is C9H9Br. The Morgan fingerprint density at radius 3 is 2.90 bits per heavy atom. The van der Waals surface area contributed by atoms with Crippen molar-refractivity contribution in [3.8, 4) is 0 Å². The molecule has 0 saturated carbocycles. The summed E-state index contributed by atoms with van der Waals surface area (Å²) in [6.45, 7) is 0. The van der Waals surface area contributed by atoms with E-state index in [1.807, 2.05) is 0 Å². The zero-order chi connectivity index (χ0) is 6.97. The Kier molecular flexibility index (Phi) is 1.53. The second kappa shape index (κ2) is 2.39. The molecule has 0 aromatic heterocycles. The van der Waals surface area contributed by atoms with Gasteiger partial charge < -0.3 is 0 Å². The highest BCUT2D eigenvalue weighted by Crippen LogP contribution is 2.28. The third kappa shape index (κ3) is 0.891. The van der Waals surface area contributed by atoms with Crippen molar-refractivity contribution in [3.05, 3.63) is 33.8 Å². The first-order valence-electron chi connectivity index (χ1n) is 3.64. The van der Waals surface area contributed by atoms with Crippen LogP contribution in [0.25, 0.3) is 0 Å². The summed E-state index contributed by atoms with van der Waals surface area (Å²) < 4.78 is 1.29. The molecule has 2 rings (SSSR count). The molecule has 10 heavy (non-hydrogen) atoms. The third-order valence-corrected chi connectivity index (χ3v) is 2.83. The van der Waals surface area contributed by atoms with Crippen LogP contribution in [0.3, 0.4) is 0 Å². The first kappa shape index (κ1) is 6.41. The van der Waals surface area contributed by atoms with Gasteiger partial charge in [-0.05, 0) is 36.5 Å². The van der Waals surface area contributed by atoms with Gasteiger partial charge in [-0.2, -0.15) is 0 Å². The smallest absolute Gasteiger partial charge is 0.0210 e. The fraction of sp³-hybridized carbons (Fsp3) is 0.333. The first-order valence-corrected chi connectivity index (χ1v) is 4.43. The van der Waals surface area contributed by atoms with Gasteiger partial charge in [-0.25, -0.2) is 0 Å². The quantitative estimate of drug-likeness (QED) is 0.599. The molecule has 0 radical (unpaired) electrons. The summed E-state index contributed by atoms with van der Waals surface area (Å²) in [5.41, 5.74) is 3.07. The topological polar surface area (TPSA) is 0 Å². The molecule has 0 bridgehead atoms. The minimum atomic E-state index is 1.26. The van der Waals surface area contributed by atoms with Crippen LogP contribution in [0.4, 0.5) is 0 Å². The van der Waals surface area contributed by atoms with Crippen LogP contribution in [0, 0.1) is 0 Å². The van der Waals surface area contributed by atoms with Crippen LogP contribution in [0.5, 0.6) is 0 Å². The minimum Gasteiger partial charge on any atom is -0.0609 e. The van der Waals surface area contributed by atoms with Crippen molar-refractivity contribution < 1.29 is 0 Å². The van der Waals surface area contributed by atoms with E-state index in [9.17, 15) is 0 Å². The van der Waals surface area contributed by atoms with E-state index in [2.05, 4.69) is 34.1 Å². The van der Waals surface area contributed by atoms with E-state index in [1.54, 1.807) is 0 Å². The largest absolute Gasteiger partial charge is 0.0609 e. The number of benzene rings is 1. The highest BCUT2D eigenvalue weighted by molar-refractivity contribution is 9.10. The van der Waals surface area contributed by atoms with Crippen molar-refractivity contribution in [1.29, 1.82) is 0 Å². The van der Waals surface area contributed by atoms with Gasteiger partial charge in [0.1, 0.15) is 0 Å². The monoisotopic (exact) mass is 196 g/mol. The summed E-state index contributed by atoms with van der Waals surface area (Å²) in [7, 11) is 0. The minimum absolute atomic E-state index is 1.26. The maximum atomic E-state index is 3.55. The lowest BCUT2D eigenvalue weighted by molar-refractivity contribution is 0.910. The fourth-order valence-corrected chi connectivity index (χ4v) is 2.18. The molecule has 52 valence electrons. The lowest BCUT2D eigenvalue weighted by Gasteiger charge is -1.99. The van der Waals surface area contributed by atoms with Crippen LogP contribution in [0.15, 0.2) is 22.7 Å². The Labute approximate surface area is 69.4 Å². The second-order valence-electron chi connectivity index (χ2n) is 2.73. The van der Waals surface area contributed by atoms with E-state index in [4.69, 9.17) is 0 Å². The van der Waals surface area contributed by atoms with E-state index in [0.717, 1.165) is 0 Å². The van der Waals surface area contributed by atoms with Gasteiger partial charge in [0.15, 0.2) is 0 Å². The Balaban J connectivity index is 2.59. The van der Waals surface area contributed by atoms with Crippen molar-refractivity contribution in [2.45, 2.75) is 19.3 Å². The lowest BCUT2D eigenvalue weighted by atomic mass is 10.1. The predicted octanol–water partition coefficient (Wildman–Crippen LogP) is 2.94. The second-order valence-corrected chi connectivity index (χ2v) is 3.59. The standard InChI is InChI=1S/C9H9Br/c10-9-6-2-4-7-3-1-5-8(7)9/h2,4,6H,1,3,5H2. The van der Waals surface area contributed by atoms with Gasteiger partial charge in [0.2, 0.25) is 0 Å². The summed E-state index contributed by atoms with van der Waals surface area (Å²) in [5, 5.41) is 0. The van der Waals surface area contributed by atoms with E-state index in [-0.39, 0.29) is 0 Å². The molecule has 0 spiro atoms. The molecule has 0 nitrogen and oxygen atoms in total. The van der Waals surface area contributed by atoms with Crippen molar-refractivity contribution in [2.24, 2.45) is 0 Å². The molecule has 0 amide bonds. The normalized spacial score (nSPS) is 15.3. The predicted molar refractivity (Wildman–Crippen MR) is 46.2 cm³/mol. The van der Waals surface area contributed by atoms with Crippen molar-refractivity contribution in [3.63, 3.8) is 0 Å². The molecule has 0 atom stereocenters. The number of fused-ring (bicyclic) bond motifs is 1. The van der Waals surface area contributed by atoms with Gasteiger partial charge in [0.25, 0.3) is 0 Å². The number of aryl methyl sites for hydroxylation is 1. The van der Waals surface area contributed by atoms with Crippen LogP contribution in [0.2, 0.25) is 0 Å². The van der Waals surface area contributed by atoms with Crippen molar-refractivity contribution >= 4 is 15.9 Å². The van der Waals surface area contributed by atoms with Crippen LogP contribution < -0.4 is 0 Å². The molecule has 1 aliphatic rings. The molecule has 0 unspecified atom stereocenters. The summed E-state index contributed by atoms with van der Waals surface area (Å²) in [5.74, 6) is 0. The van der Waals surface area contributed by atoms with E-state index < -0.39 is 0 Å². The summed E-state index contributed by atoms with van der Waals surface area (Å²) in [6.07, 6.45) is 3.86.